The molecule has 3 atom stereocenters. The third kappa shape index (κ3) is 4.83. The van der Waals surface area contributed by atoms with Crippen LogP contribution >= 0.6 is 0 Å². The second kappa shape index (κ2) is 11.1. The van der Waals surface area contributed by atoms with E-state index in [0.29, 0.717) is 38.3 Å². The summed E-state index contributed by atoms with van der Waals surface area (Å²) in [5.41, 5.74) is 6.95. The number of likely N-dealkylation sites (tertiary alicyclic amines) is 1. The van der Waals surface area contributed by atoms with Crippen LogP contribution in [0.2, 0.25) is 0 Å². The molecule has 220 valence electrons. The lowest BCUT2D eigenvalue weighted by Crippen LogP contribution is -2.56. The molecule has 42 heavy (non-hydrogen) atoms. The summed E-state index contributed by atoms with van der Waals surface area (Å²) in [6, 6.07) is 9.54. The molecule has 1 amide bonds. The van der Waals surface area contributed by atoms with Crippen molar-refractivity contribution in [3.63, 3.8) is 0 Å². The summed E-state index contributed by atoms with van der Waals surface area (Å²) >= 11 is 0. The second-order valence-corrected chi connectivity index (χ2v) is 12.5. The molecule has 0 spiro atoms. The topological polar surface area (TPSA) is 109 Å². The molecule has 1 N–H and O–H groups in total. The standard InChI is InChI=1S/C32H39N7O3/c1-36-15-4-8-25(36)20-42-31-34-27-19-37(28-9-3-7-21-5-2-6-22(12-14-33)29(21)28)16-13-26(27)30(35-31)38-17-23-10-11-24(18-38)39(23)32(40)41/h3,7,9,12,23-25H,2,4-6,8,10-11,13,15-20H2,1H3,(H,40,41)/b22-12-/t23-,24+,25-/m0/s1. The van der Waals surface area contributed by atoms with E-state index < -0.39 is 6.09 Å². The number of carboxylic acid groups (broad SMARTS) is 1. The Kier molecular flexibility index (Phi) is 7.14. The molecule has 10 nitrogen and oxygen atoms in total. The van der Waals surface area contributed by atoms with Crippen LogP contribution in [0.3, 0.4) is 0 Å². The highest BCUT2D eigenvalue weighted by atomic mass is 16.5. The number of allylic oxidation sites excluding steroid dienone is 2. The number of ether oxygens (including phenoxy) is 1. The van der Waals surface area contributed by atoms with Crippen molar-refractivity contribution in [2.45, 2.75) is 76.0 Å². The first-order chi connectivity index (χ1) is 20.5. The zero-order valence-corrected chi connectivity index (χ0v) is 24.3. The number of carbonyl (C=O) groups is 1. The van der Waals surface area contributed by atoms with Crippen LogP contribution in [-0.2, 0) is 19.4 Å². The molecule has 1 aliphatic carbocycles. The lowest BCUT2D eigenvalue weighted by atomic mass is 9.85. The second-order valence-electron chi connectivity index (χ2n) is 12.5. The van der Waals surface area contributed by atoms with E-state index in [1.165, 1.54) is 23.2 Å². The number of rotatable bonds is 5. The fourth-order valence-corrected chi connectivity index (χ4v) is 7.91. The van der Waals surface area contributed by atoms with Crippen LogP contribution in [-0.4, -0.2) is 88.9 Å². The van der Waals surface area contributed by atoms with E-state index in [1.54, 1.807) is 11.0 Å². The van der Waals surface area contributed by atoms with Crippen molar-refractivity contribution in [3.8, 4) is 12.1 Å². The van der Waals surface area contributed by atoms with Gasteiger partial charge in [-0.3, -0.25) is 4.90 Å². The molecule has 10 heteroatoms. The van der Waals surface area contributed by atoms with E-state index in [1.807, 2.05) is 0 Å². The minimum atomic E-state index is -0.816. The van der Waals surface area contributed by atoms with Gasteiger partial charge < -0.3 is 24.5 Å². The Hall–Kier alpha value is -3.84. The molecular formula is C32H39N7O3. The highest BCUT2D eigenvalue weighted by Gasteiger charge is 2.44. The van der Waals surface area contributed by atoms with E-state index >= 15 is 0 Å². The highest BCUT2D eigenvalue weighted by Crippen LogP contribution is 2.41. The molecule has 0 radical (unpaired) electrons. The van der Waals surface area contributed by atoms with Gasteiger partial charge in [0.1, 0.15) is 12.4 Å². The van der Waals surface area contributed by atoms with Gasteiger partial charge >= 0.3 is 12.1 Å². The number of nitriles is 1. The van der Waals surface area contributed by atoms with Crippen molar-refractivity contribution in [1.82, 2.24) is 19.8 Å². The summed E-state index contributed by atoms with van der Waals surface area (Å²) in [6.07, 6.45) is 8.79. The van der Waals surface area contributed by atoms with Crippen LogP contribution in [0.4, 0.5) is 16.3 Å². The third-order valence-electron chi connectivity index (χ3n) is 10.0. The van der Waals surface area contributed by atoms with Crippen molar-refractivity contribution in [2.24, 2.45) is 0 Å². The number of hydrogen-bond acceptors (Lipinski definition) is 8. The first-order valence-corrected chi connectivity index (χ1v) is 15.4. The molecule has 4 aliphatic heterocycles. The molecule has 1 aromatic heterocycles. The summed E-state index contributed by atoms with van der Waals surface area (Å²) in [5, 5.41) is 19.3. The van der Waals surface area contributed by atoms with Crippen LogP contribution < -0.4 is 14.5 Å². The molecule has 7 rings (SSSR count). The van der Waals surface area contributed by atoms with E-state index in [2.05, 4.69) is 46.0 Å². The Morgan fingerprint density at radius 3 is 2.67 bits per heavy atom. The third-order valence-corrected chi connectivity index (χ3v) is 10.0. The van der Waals surface area contributed by atoms with Crippen LogP contribution in [0.5, 0.6) is 6.01 Å². The largest absolute Gasteiger partial charge is 0.465 e. The Bertz CT molecular complexity index is 1440. The van der Waals surface area contributed by atoms with Crippen molar-refractivity contribution < 1.29 is 14.6 Å². The van der Waals surface area contributed by atoms with Crippen LogP contribution in [0, 0.1) is 11.3 Å². The fraction of sp³-hybridized carbons (Fsp3) is 0.562. The molecule has 2 bridgehead atoms. The van der Waals surface area contributed by atoms with Gasteiger partial charge in [0, 0.05) is 48.6 Å². The van der Waals surface area contributed by atoms with Crippen molar-refractivity contribution in [2.75, 3.05) is 49.6 Å². The number of anilines is 2. The summed E-state index contributed by atoms with van der Waals surface area (Å²) in [7, 11) is 2.14. The van der Waals surface area contributed by atoms with Gasteiger partial charge in [-0.1, -0.05) is 12.1 Å². The lowest BCUT2D eigenvalue weighted by Gasteiger charge is -2.41. The quantitative estimate of drug-likeness (QED) is 0.533. The average Bonchev–Trinajstić information content (AvgIpc) is 3.53. The molecule has 0 unspecified atom stereocenters. The number of likely N-dealkylation sites (N-methyl/N-ethyl adjacent to an activating group) is 1. The van der Waals surface area contributed by atoms with Gasteiger partial charge in [0.05, 0.1) is 30.4 Å². The van der Waals surface area contributed by atoms with Crippen LogP contribution in [0.1, 0.15) is 60.9 Å². The number of nitrogens with zero attached hydrogens (tertiary/aromatic N) is 7. The van der Waals surface area contributed by atoms with E-state index in [-0.39, 0.29) is 12.1 Å². The zero-order valence-electron chi connectivity index (χ0n) is 24.3. The van der Waals surface area contributed by atoms with E-state index in [4.69, 9.17) is 14.7 Å². The number of amides is 1. The summed E-state index contributed by atoms with van der Waals surface area (Å²) in [5.74, 6) is 0.913. The SMILES string of the molecule is CN1CCC[C@H]1COc1nc2c(c(N3C[C@H]4CC[C@@H](C3)N4C(=O)O)n1)CCN(c1cccc3c1/C(=C\C#N)CCC3)C2. The molecule has 3 fully saturated rings. The van der Waals surface area contributed by atoms with Gasteiger partial charge in [-0.2, -0.15) is 15.2 Å². The number of aryl methyl sites for hydroxylation is 1. The molecule has 5 aliphatic rings. The minimum Gasteiger partial charge on any atom is -0.465 e. The van der Waals surface area contributed by atoms with Crippen LogP contribution in [0.25, 0.3) is 5.57 Å². The monoisotopic (exact) mass is 569 g/mol. The maximum absolute atomic E-state index is 12.0. The Labute approximate surface area is 247 Å². The fourth-order valence-electron chi connectivity index (χ4n) is 7.91. The summed E-state index contributed by atoms with van der Waals surface area (Å²) < 4.78 is 6.31. The average molecular weight is 570 g/mol. The van der Waals surface area contributed by atoms with Gasteiger partial charge in [0.25, 0.3) is 0 Å². The Balaban J connectivity index is 1.22. The lowest BCUT2D eigenvalue weighted by molar-refractivity contribution is 0.114. The first kappa shape index (κ1) is 27.0. The first-order valence-electron chi connectivity index (χ1n) is 15.4. The van der Waals surface area contributed by atoms with Gasteiger partial charge in [0.15, 0.2) is 0 Å². The van der Waals surface area contributed by atoms with Gasteiger partial charge in [-0.25, -0.2) is 4.79 Å². The Morgan fingerprint density at radius 1 is 1.10 bits per heavy atom. The number of benzene rings is 1. The minimum absolute atomic E-state index is 0.00959. The maximum atomic E-state index is 12.0. The normalized spacial score (nSPS) is 26.2. The summed E-state index contributed by atoms with van der Waals surface area (Å²) in [6.45, 7) is 4.41. The number of aromatic nitrogens is 2. The van der Waals surface area contributed by atoms with Crippen molar-refractivity contribution in [1.29, 1.82) is 5.26 Å². The van der Waals surface area contributed by atoms with Crippen LogP contribution in [0.15, 0.2) is 24.3 Å². The smallest absolute Gasteiger partial charge is 0.407 e. The van der Waals surface area contributed by atoms with E-state index in [0.717, 1.165) is 80.7 Å². The predicted octanol–water partition coefficient (Wildman–Crippen LogP) is 4.09. The number of hydrogen-bond donors (Lipinski definition) is 1. The van der Waals surface area contributed by atoms with Gasteiger partial charge in [0.2, 0.25) is 0 Å². The molecule has 2 aromatic rings. The molecule has 5 heterocycles. The highest BCUT2D eigenvalue weighted by molar-refractivity contribution is 5.82. The summed E-state index contributed by atoms with van der Waals surface area (Å²) in [4.78, 5) is 30.7. The zero-order chi connectivity index (χ0) is 28.8. The molecule has 1 aromatic carbocycles. The Morgan fingerprint density at radius 2 is 1.93 bits per heavy atom. The molecule has 3 saturated heterocycles. The number of piperazine rings is 1. The molecule has 0 saturated carbocycles. The van der Waals surface area contributed by atoms with Gasteiger partial charge in [-0.05, 0) is 82.2 Å². The van der Waals surface area contributed by atoms with Crippen molar-refractivity contribution >= 4 is 23.2 Å². The van der Waals surface area contributed by atoms with Crippen molar-refractivity contribution in [3.05, 3.63) is 46.7 Å². The van der Waals surface area contributed by atoms with Gasteiger partial charge in [-0.15, -0.1) is 0 Å². The van der Waals surface area contributed by atoms with E-state index in [9.17, 15) is 15.2 Å². The predicted molar refractivity (Wildman–Crippen MR) is 160 cm³/mol. The maximum Gasteiger partial charge on any atom is 0.407 e. The molecular weight excluding hydrogens is 530 g/mol. The number of fused-ring (bicyclic) bond motifs is 4.